The third-order valence-corrected chi connectivity index (χ3v) is 3.15. The largest absolute Gasteiger partial charge is 0.473 e. The summed E-state index contributed by atoms with van der Waals surface area (Å²) in [6.07, 6.45) is 0.821. The summed E-state index contributed by atoms with van der Waals surface area (Å²) >= 11 is 0. The Balaban J connectivity index is 2.14. The highest BCUT2D eigenvalue weighted by atomic mass is 16.5. The van der Waals surface area contributed by atoms with E-state index >= 15 is 0 Å². The van der Waals surface area contributed by atoms with Gasteiger partial charge in [0.2, 0.25) is 5.88 Å². The van der Waals surface area contributed by atoms with Gasteiger partial charge in [-0.1, -0.05) is 50.6 Å². The molecule has 0 spiro atoms. The van der Waals surface area contributed by atoms with E-state index in [1.165, 1.54) is 5.56 Å². The van der Waals surface area contributed by atoms with E-state index < -0.39 is 0 Å². The Morgan fingerprint density at radius 3 is 2.60 bits per heavy atom. The fraction of sp³-hybridized carbons (Fsp3) is 0.412. The Kier molecular flexibility index (Phi) is 4.72. The molecule has 0 amide bonds. The Morgan fingerprint density at radius 2 is 1.95 bits per heavy atom. The van der Waals surface area contributed by atoms with Crippen LogP contribution in [0.2, 0.25) is 0 Å². The van der Waals surface area contributed by atoms with Crippen LogP contribution in [0.25, 0.3) is 0 Å². The van der Waals surface area contributed by atoms with E-state index in [1.54, 1.807) is 0 Å². The van der Waals surface area contributed by atoms with Crippen LogP contribution in [0, 0.1) is 6.92 Å². The van der Waals surface area contributed by atoms with E-state index in [1.807, 2.05) is 12.1 Å². The second kappa shape index (κ2) is 6.51. The van der Waals surface area contributed by atoms with Crippen LogP contribution in [0.3, 0.4) is 0 Å². The van der Waals surface area contributed by atoms with Gasteiger partial charge >= 0.3 is 0 Å². The number of hydrogen-bond donors (Lipinski definition) is 0. The minimum atomic E-state index is 0.379. The first kappa shape index (κ1) is 14.5. The zero-order valence-corrected chi connectivity index (χ0v) is 12.7. The van der Waals surface area contributed by atoms with Gasteiger partial charge in [-0.2, -0.15) is 4.98 Å². The summed E-state index contributed by atoms with van der Waals surface area (Å²) in [5.74, 6) is 1.89. The second-order valence-corrected chi connectivity index (χ2v) is 5.33. The molecule has 2 aromatic rings. The Hall–Kier alpha value is -1.90. The van der Waals surface area contributed by atoms with E-state index in [9.17, 15) is 0 Å². The fourth-order valence-electron chi connectivity index (χ4n) is 1.98. The molecular weight excluding hydrogens is 248 g/mol. The summed E-state index contributed by atoms with van der Waals surface area (Å²) in [4.78, 5) is 8.97. The number of aryl methyl sites for hydroxylation is 2. The number of rotatable bonds is 5. The van der Waals surface area contributed by atoms with Crippen molar-refractivity contribution < 1.29 is 4.74 Å². The van der Waals surface area contributed by atoms with Crippen LogP contribution >= 0.6 is 0 Å². The average molecular weight is 270 g/mol. The van der Waals surface area contributed by atoms with Crippen molar-refractivity contribution in [2.45, 2.75) is 46.6 Å². The maximum atomic E-state index is 5.83. The highest BCUT2D eigenvalue weighted by Gasteiger charge is 2.08. The highest BCUT2D eigenvalue weighted by molar-refractivity contribution is 5.23. The molecule has 2 rings (SSSR count). The molecule has 0 aliphatic carbocycles. The summed E-state index contributed by atoms with van der Waals surface area (Å²) in [5.41, 5.74) is 3.44. The molecule has 1 heterocycles. The molecule has 0 saturated carbocycles. The van der Waals surface area contributed by atoms with Crippen LogP contribution in [0.1, 0.15) is 49.3 Å². The first-order valence-electron chi connectivity index (χ1n) is 7.14. The molecule has 1 aromatic heterocycles. The topological polar surface area (TPSA) is 35.0 Å². The SMILES string of the molecule is CCc1nc(OCc2cccc(C)c2)cc(C(C)C)n1. The molecule has 0 saturated heterocycles. The van der Waals surface area contributed by atoms with Crippen molar-refractivity contribution in [3.8, 4) is 5.88 Å². The molecule has 0 radical (unpaired) electrons. The lowest BCUT2D eigenvalue weighted by Gasteiger charge is -2.11. The monoisotopic (exact) mass is 270 g/mol. The van der Waals surface area contributed by atoms with Gasteiger partial charge in [-0.25, -0.2) is 4.98 Å². The quantitative estimate of drug-likeness (QED) is 0.822. The smallest absolute Gasteiger partial charge is 0.217 e. The first-order chi connectivity index (χ1) is 9.58. The summed E-state index contributed by atoms with van der Waals surface area (Å²) in [6, 6.07) is 10.3. The van der Waals surface area contributed by atoms with E-state index in [4.69, 9.17) is 4.74 Å². The van der Waals surface area contributed by atoms with Crippen LogP contribution in [0.4, 0.5) is 0 Å². The lowest BCUT2D eigenvalue weighted by atomic mass is 10.1. The van der Waals surface area contributed by atoms with Crippen molar-refractivity contribution in [2.75, 3.05) is 0 Å². The lowest BCUT2D eigenvalue weighted by molar-refractivity contribution is 0.291. The average Bonchev–Trinajstić information content (AvgIpc) is 2.45. The fourth-order valence-corrected chi connectivity index (χ4v) is 1.98. The molecule has 106 valence electrons. The summed E-state index contributed by atoms with van der Waals surface area (Å²) in [5, 5.41) is 0. The van der Waals surface area contributed by atoms with Crippen LogP contribution in [0.5, 0.6) is 5.88 Å². The number of hydrogen-bond acceptors (Lipinski definition) is 3. The second-order valence-electron chi connectivity index (χ2n) is 5.33. The van der Waals surface area contributed by atoms with Gasteiger partial charge in [-0.15, -0.1) is 0 Å². The zero-order chi connectivity index (χ0) is 14.5. The Labute approximate surface area is 121 Å². The van der Waals surface area contributed by atoms with Crippen molar-refractivity contribution in [3.63, 3.8) is 0 Å². The van der Waals surface area contributed by atoms with Crippen LogP contribution in [-0.4, -0.2) is 9.97 Å². The van der Waals surface area contributed by atoms with Crippen molar-refractivity contribution in [2.24, 2.45) is 0 Å². The van der Waals surface area contributed by atoms with E-state index in [-0.39, 0.29) is 0 Å². The molecule has 3 heteroatoms. The minimum absolute atomic E-state index is 0.379. The summed E-state index contributed by atoms with van der Waals surface area (Å²) in [7, 11) is 0. The molecular formula is C17H22N2O. The van der Waals surface area contributed by atoms with Gasteiger partial charge in [0, 0.05) is 12.5 Å². The molecule has 0 bridgehead atoms. The van der Waals surface area contributed by atoms with Gasteiger partial charge in [-0.3, -0.25) is 0 Å². The van der Waals surface area contributed by atoms with Crippen molar-refractivity contribution >= 4 is 0 Å². The molecule has 1 aromatic carbocycles. The van der Waals surface area contributed by atoms with E-state index in [0.29, 0.717) is 18.4 Å². The lowest BCUT2D eigenvalue weighted by Crippen LogP contribution is -2.04. The highest BCUT2D eigenvalue weighted by Crippen LogP contribution is 2.18. The number of aromatic nitrogens is 2. The molecule has 3 nitrogen and oxygen atoms in total. The summed E-state index contributed by atoms with van der Waals surface area (Å²) < 4.78 is 5.83. The molecule has 0 atom stereocenters. The van der Waals surface area contributed by atoms with Gasteiger partial charge in [0.1, 0.15) is 12.4 Å². The normalized spacial score (nSPS) is 10.8. The minimum Gasteiger partial charge on any atom is -0.473 e. The van der Waals surface area contributed by atoms with Gasteiger partial charge in [0.05, 0.1) is 5.69 Å². The summed E-state index contributed by atoms with van der Waals surface area (Å²) in [6.45, 7) is 8.95. The first-order valence-corrected chi connectivity index (χ1v) is 7.14. The maximum Gasteiger partial charge on any atom is 0.217 e. The zero-order valence-electron chi connectivity index (χ0n) is 12.7. The molecule has 0 fully saturated rings. The number of nitrogens with zero attached hydrogens (tertiary/aromatic N) is 2. The standard InChI is InChI=1S/C17H22N2O/c1-5-16-18-15(12(2)3)10-17(19-16)20-11-14-8-6-7-13(4)9-14/h6-10,12H,5,11H2,1-4H3. The Bertz CT molecular complexity index is 579. The van der Waals surface area contributed by atoms with Gasteiger partial charge < -0.3 is 4.74 Å². The van der Waals surface area contributed by atoms with Crippen LogP contribution in [0.15, 0.2) is 30.3 Å². The van der Waals surface area contributed by atoms with Gasteiger partial charge in [0.15, 0.2) is 0 Å². The van der Waals surface area contributed by atoms with E-state index in [2.05, 4.69) is 55.9 Å². The Morgan fingerprint density at radius 1 is 1.15 bits per heavy atom. The van der Waals surface area contributed by atoms with Crippen molar-refractivity contribution in [1.82, 2.24) is 9.97 Å². The molecule has 0 aliphatic heterocycles. The van der Waals surface area contributed by atoms with Crippen molar-refractivity contribution in [1.29, 1.82) is 0 Å². The molecule has 0 N–H and O–H groups in total. The van der Waals surface area contributed by atoms with E-state index in [0.717, 1.165) is 23.5 Å². The number of ether oxygens (including phenoxy) is 1. The van der Waals surface area contributed by atoms with Gasteiger partial charge in [-0.05, 0) is 18.4 Å². The third-order valence-electron chi connectivity index (χ3n) is 3.15. The van der Waals surface area contributed by atoms with Crippen LogP contribution in [-0.2, 0) is 13.0 Å². The predicted molar refractivity (Wildman–Crippen MR) is 81.0 cm³/mol. The molecule has 0 aliphatic rings. The van der Waals surface area contributed by atoms with Crippen LogP contribution < -0.4 is 4.74 Å². The predicted octanol–water partition coefficient (Wildman–Crippen LogP) is 4.05. The van der Waals surface area contributed by atoms with Crippen molar-refractivity contribution in [3.05, 3.63) is 53.0 Å². The number of benzene rings is 1. The molecule has 0 unspecified atom stereocenters. The molecule has 20 heavy (non-hydrogen) atoms. The van der Waals surface area contributed by atoms with Gasteiger partial charge in [0.25, 0.3) is 0 Å². The maximum absolute atomic E-state index is 5.83. The third kappa shape index (κ3) is 3.80.